The van der Waals surface area contributed by atoms with Crippen molar-refractivity contribution in [2.45, 2.75) is 19.9 Å². The molecule has 24 heavy (non-hydrogen) atoms. The van der Waals surface area contributed by atoms with Crippen molar-refractivity contribution >= 4 is 16.6 Å². The second kappa shape index (κ2) is 7.41. The van der Waals surface area contributed by atoms with Crippen LogP contribution in [0.4, 0.5) is 0 Å². The zero-order chi connectivity index (χ0) is 16.9. The van der Waals surface area contributed by atoms with E-state index in [-0.39, 0.29) is 5.78 Å². The van der Waals surface area contributed by atoms with Gasteiger partial charge in [0.05, 0.1) is 0 Å². The average molecular weight is 317 g/mol. The van der Waals surface area contributed by atoms with Gasteiger partial charge < -0.3 is 4.90 Å². The Morgan fingerprint density at radius 3 is 2.42 bits per heavy atom. The summed E-state index contributed by atoms with van der Waals surface area (Å²) in [5.41, 5.74) is 3.29. The van der Waals surface area contributed by atoms with Crippen LogP contribution in [0.5, 0.6) is 0 Å². The summed E-state index contributed by atoms with van der Waals surface area (Å²) in [5.74, 6) is 0.208. The zero-order valence-electron chi connectivity index (χ0n) is 14.3. The number of fused-ring (bicyclic) bond motifs is 1. The van der Waals surface area contributed by atoms with Gasteiger partial charge in [-0.2, -0.15) is 0 Å². The normalized spacial score (nSPS) is 11.1. The van der Waals surface area contributed by atoms with Crippen LogP contribution >= 0.6 is 0 Å². The molecule has 3 aromatic carbocycles. The molecule has 0 atom stereocenters. The maximum absolute atomic E-state index is 12.3. The van der Waals surface area contributed by atoms with Gasteiger partial charge in [0, 0.05) is 25.1 Å². The molecule has 0 bridgehead atoms. The molecule has 0 heterocycles. The predicted octanol–water partition coefficient (Wildman–Crippen LogP) is 4.85. The van der Waals surface area contributed by atoms with E-state index in [1.807, 2.05) is 31.2 Å². The standard InChI is InChI=1S/C22H23NO/c1-17-10-12-19(13-11-17)22(24)14-15-23(2)16-20-8-5-7-18-6-3-4-9-21(18)20/h3-13H,14-16H2,1-2H3. The summed E-state index contributed by atoms with van der Waals surface area (Å²) < 4.78 is 0. The largest absolute Gasteiger partial charge is 0.302 e. The number of ketones is 1. The number of nitrogens with zero attached hydrogens (tertiary/aromatic N) is 1. The van der Waals surface area contributed by atoms with E-state index in [9.17, 15) is 4.79 Å². The monoisotopic (exact) mass is 317 g/mol. The summed E-state index contributed by atoms with van der Waals surface area (Å²) in [6.45, 7) is 3.64. The number of carbonyl (C=O) groups is 1. The van der Waals surface area contributed by atoms with Crippen LogP contribution in [-0.4, -0.2) is 24.3 Å². The van der Waals surface area contributed by atoms with Crippen LogP contribution in [0, 0.1) is 6.92 Å². The van der Waals surface area contributed by atoms with E-state index in [0.717, 1.165) is 18.7 Å². The van der Waals surface area contributed by atoms with Crippen molar-refractivity contribution in [1.82, 2.24) is 4.90 Å². The Hall–Kier alpha value is -2.45. The van der Waals surface area contributed by atoms with Gasteiger partial charge in [-0.25, -0.2) is 0 Å². The first-order valence-electron chi connectivity index (χ1n) is 8.38. The fourth-order valence-electron chi connectivity index (χ4n) is 2.98. The Morgan fingerprint density at radius 1 is 0.917 bits per heavy atom. The Balaban J connectivity index is 1.62. The molecule has 0 aliphatic heterocycles. The minimum absolute atomic E-state index is 0.208. The summed E-state index contributed by atoms with van der Waals surface area (Å²) in [6, 6.07) is 22.7. The molecule has 0 aliphatic carbocycles. The number of hydrogen-bond acceptors (Lipinski definition) is 2. The van der Waals surface area contributed by atoms with Gasteiger partial charge in [-0.15, -0.1) is 0 Å². The first-order valence-corrected chi connectivity index (χ1v) is 8.38. The van der Waals surface area contributed by atoms with Crippen molar-refractivity contribution in [2.24, 2.45) is 0 Å². The highest BCUT2D eigenvalue weighted by atomic mass is 16.1. The lowest BCUT2D eigenvalue weighted by Crippen LogP contribution is -2.21. The molecule has 3 rings (SSSR count). The quantitative estimate of drug-likeness (QED) is 0.606. The van der Waals surface area contributed by atoms with Crippen molar-refractivity contribution < 1.29 is 4.79 Å². The first kappa shape index (κ1) is 16.4. The zero-order valence-corrected chi connectivity index (χ0v) is 14.3. The smallest absolute Gasteiger partial charge is 0.164 e. The number of carbonyl (C=O) groups excluding carboxylic acids is 1. The third-order valence-corrected chi connectivity index (χ3v) is 4.41. The summed E-state index contributed by atoms with van der Waals surface area (Å²) in [4.78, 5) is 14.5. The molecule has 0 radical (unpaired) electrons. The second-order valence-electron chi connectivity index (χ2n) is 6.42. The van der Waals surface area contributed by atoms with Crippen LogP contribution in [0.15, 0.2) is 66.7 Å². The van der Waals surface area contributed by atoms with Gasteiger partial charge in [-0.05, 0) is 30.3 Å². The fourth-order valence-corrected chi connectivity index (χ4v) is 2.98. The van der Waals surface area contributed by atoms with Gasteiger partial charge in [0.2, 0.25) is 0 Å². The number of hydrogen-bond donors (Lipinski definition) is 0. The van der Waals surface area contributed by atoms with E-state index < -0.39 is 0 Å². The molecule has 3 aromatic rings. The lowest BCUT2D eigenvalue weighted by atomic mass is 10.0. The third-order valence-electron chi connectivity index (χ3n) is 4.41. The van der Waals surface area contributed by atoms with Gasteiger partial charge in [0.25, 0.3) is 0 Å². The van der Waals surface area contributed by atoms with Crippen molar-refractivity contribution in [1.29, 1.82) is 0 Å². The van der Waals surface area contributed by atoms with E-state index in [1.54, 1.807) is 0 Å². The van der Waals surface area contributed by atoms with Gasteiger partial charge in [-0.3, -0.25) is 4.79 Å². The topological polar surface area (TPSA) is 20.3 Å². The van der Waals surface area contributed by atoms with Crippen LogP contribution in [0.3, 0.4) is 0 Å². The maximum Gasteiger partial charge on any atom is 0.164 e. The lowest BCUT2D eigenvalue weighted by Gasteiger charge is -2.17. The molecule has 0 aromatic heterocycles. The van der Waals surface area contributed by atoms with Crippen molar-refractivity contribution in [3.05, 3.63) is 83.4 Å². The fraction of sp³-hybridized carbons (Fsp3) is 0.227. The summed E-state index contributed by atoms with van der Waals surface area (Å²) in [7, 11) is 2.07. The number of aryl methyl sites for hydroxylation is 1. The number of rotatable bonds is 6. The lowest BCUT2D eigenvalue weighted by molar-refractivity contribution is 0.0968. The highest BCUT2D eigenvalue weighted by Gasteiger charge is 2.09. The van der Waals surface area contributed by atoms with E-state index in [4.69, 9.17) is 0 Å². The highest BCUT2D eigenvalue weighted by molar-refractivity contribution is 5.96. The maximum atomic E-state index is 12.3. The summed E-state index contributed by atoms with van der Waals surface area (Å²) in [5, 5.41) is 2.55. The van der Waals surface area contributed by atoms with E-state index >= 15 is 0 Å². The van der Waals surface area contributed by atoms with Gasteiger partial charge in [0.15, 0.2) is 5.78 Å². The van der Waals surface area contributed by atoms with E-state index in [1.165, 1.54) is 21.9 Å². The Kier molecular flexibility index (Phi) is 5.07. The molecular weight excluding hydrogens is 294 g/mol. The Bertz CT molecular complexity index is 831. The summed E-state index contributed by atoms with van der Waals surface area (Å²) >= 11 is 0. The first-order chi connectivity index (χ1) is 11.6. The van der Waals surface area contributed by atoms with Crippen LogP contribution in [0.1, 0.15) is 27.9 Å². The Labute approximate surface area is 143 Å². The minimum atomic E-state index is 0.208. The van der Waals surface area contributed by atoms with Crippen LogP contribution in [0.25, 0.3) is 10.8 Å². The van der Waals surface area contributed by atoms with Gasteiger partial charge in [-0.1, -0.05) is 72.3 Å². The average Bonchev–Trinajstić information content (AvgIpc) is 2.61. The molecule has 0 saturated carbocycles. The van der Waals surface area contributed by atoms with Crippen LogP contribution < -0.4 is 0 Å². The van der Waals surface area contributed by atoms with E-state index in [2.05, 4.69) is 54.4 Å². The molecule has 2 nitrogen and oxygen atoms in total. The molecule has 0 aliphatic rings. The Morgan fingerprint density at radius 2 is 1.62 bits per heavy atom. The van der Waals surface area contributed by atoms with Crippen LogP contribution in [0.2, 0.25) is 0 Å². The number of Topliss-reactive ketones (excluding diaryl/α,β-unsaturated/α-hetero) is 1. The minimum Gasteiger partial charge on any atom is -0.302 e. The van der Waals surface area contributed by atoms with Gasteiger partial charge in [0.1, 0.15) is 0 Å². The number of benzene rings is 3. The molecule has 0 unspecified atom stereocenters. The molecule has 2 heteroatoms. The van der Waals surface area contributed by atoms with Crippen LogP contribution in [-0.2, 0) is 6.54 Å². The van der Waals surface area contributed by atoms with E-state index in [0.29, 0.717) is 6.42 Å². The highest BCUT2D eigenvalue weighted by Crippen LogP contribution is 2.19. The summed E-state index contributed by atoms with van der Waals surface area (Å²) in [6.07, 6.45) is 0.546. The van der Waals surface area contributed by atoms with Gasteiger partial charge >= 0.3 is 0 Å². The van der Waals surface area contributed by atoms with Crippen molar-refractivity contribution in [2.75, 3.05) is 13.6 Å². The van der Waals surface area contributed by atoms with Crippen molar-refractivity contribution in [3.8, 4) is 0 Å². The molecule has 122 valence electrons. The van der Waals surface area contributed by atoms with Crippen molar-refractivity contribution in [3.63, 3.8) is 0 Å². The third kappa shape index (κ3) is 3.90. The molecular formula is C22H23NO. The molecule has 0 saturated heterocycles. The molecule has 0 amide bonds. The molecule has 0 N–H and O–H groups in total. The predicted molar refractivity (Wildman–Crippen MR) is 100 cm³/mol. The second-order valence-corrected chi connectivity index (χ2v) is 6.42. The SMILES string of the molecule is Cc1ccc(C(=O)CCN(C)Cc2cccc3ccccc23)cc1. The molecule has 0 fully saturated rings. The molecule has 0 spiro atoms.